The second-order valence-corrected chi connectivity index (χ2v) is 5.58. The van der Waals surface area contributed by atoms with E-state index in [9.17, 15) is 0 Å². The molecule has 0 aromatic heterocycles. The highest BCUT2D eigenvalue weighted by atomic mass is 14.9. The van der Waals surface area contributed by atoms with E-state index in [0.29, 0.717) is 5.41 Å². The number of nitrogens with one attached hydrogen (secondary N) is 1. The summed E-state index contributed by atoms with van der Waals surface area (Å²) < 4.78 is 0. The number of hydrogen-bond acceptors (Lipinski definition) is 1. The third kappa shape index (κ3) is 3.79. The molecule has 0 bridgehead atoms. The lowest BCUT2D eigenvalue weighted by atomic mass is 9.86. The van der Waals surface area contributed by atoms with Crippen LogP contribution in [0.15, 0.2) is 0 Å². The van der Waals surface area contributed by atoms with Crippen molar-refractivity contribution in [1.82, 2.24) is 5.32 Å². The van der Waals surface area contributed by atoms with Crippen LogP contribution in [0, 0.1) is 11.3 Å². The lowest BCUT2D eigenvalue weighted by Gasteiger charge is -2.28. The molecule has 1 N–H and O–H groups in total. The Bertz CT molecular complexity index is 168. The van der Waals surface area contributed by atoms with Gasteiger partial charge in [-0.3, -0.25) is 0 Å². The van der Waals surface area contributed by atoms with Gasteiger partial charge in [-0.25, -0.2) is 0 Å². The molecule has 0 aliphatic heterocycles. The van der Waals surface area contributed by atoms with E-state index in [4.69, 9.17) is 0 Å². The highest BCUT2D eigenvalue weighted by Gasteiger charge is 2.44. The van der Waals surface area contributed by atoms with Crippen molar-refractivity contribution >= 4 is 0 Å². The van der Waals surface area contributed by atoms with E-state index in [-0.39, 0.29) is 0 Å². The molecule has 0 heterocycles. The summed E-state index contributed by atoms with van der Waals surface area (Å²) in [7, 11) is 0. The second-order valence-electron chi connectivity index (χ2n) is 5.58. The molecule has 0 radical (unpaired) electrons. The monoisotopic (exact) mass is 211 g/mol. The van der Waals surface area contributed by atoms with Crippen LogP contribution in [0.1, 0.15) is 66.2 Å². The Kier molecular flexibility index (Phi) is 5.11. The molecule has 1 aliphatic carbocycles. The average Bonchev–Trinajstić information content (AvgIpc) is 2.98. The smallest absolute Gasteiger partial charge is 0.0123 e. The van der Waals surface area contributed by atoms with Crippen LogP contribution >= 0.6 is 0 Å². The van der Waals surface area contributed by atoms with Crippen LogP contribution < -0.4 is 5.32 Å². The molecular weight excluding hydrogens is 182 g/mol. The maximum Gasteiger partial charge on any atom is 0.0123 e. The molecule has 0 aromatic rings. The summed E-state index contributed by atoms with van der Waals surface area (Å²) in [5.41, 5.74) is 0.637. The molecule has 1 saturated carbocycles. The van der Waals surface area contributed by atoms with Crippen LogP contribution in [-0.4, -0.2) is 12.6 Å². The first-order valence-electron chi connectivity index (χ1n) is 6.89. The Balaban J connectivity index is 2.41. The minimum absolute atomic E-state index is 0.637. The highest BCUT2D eigenvalue weighted by molar-refractivity contribution is 4.99. The van der Waals surface area contributed by atoms with Crippen LogP contribution in [0.2, 0.25) is 0 Å². The Hall–Kier alpha value is -0.0400. The summed E-state index contributed by atoms with van der Waals surface area (Å²) in [6, 6.07) is 0.780. The molecule has 0 aromatic carbocycles. The van der Waals surface area contributed by atoms with Gasteiger partial charge in [0.2, 0.25) is 0 Å². The fourth-order valence-corrected chi connectivity index (χ4v) is 2.43. The molecule has 15 heavy (non-hydrogen) atoms. The van der Waals surface area contributed by atoms with Crippen molar-refractivity contribution in [2.75, 3.05) is 6.54 Å². The molecular formula is C14H29N. The van der Waals surface area contributed by atoms with Crippen molar-refractivity contribution in [3.8, 4) is 0 Å². The fourth-order valence-electron chi connectivity index (χ4n) is 2.43. The maximum absolute atomic E-state index is 3.77. The third-order valence-electron chi connectivity index (χ3n) is 4.24. The van der Waals surface area contributed by atoms with E-state index in [2.05, 4.69) is 33.0 Å². The van der Waals surface area contributed by atoms with Gasteiger partial charge >= 0.3 is 0 Å². The van der Waals surface area contributed by atoms with Crippen LogP contribution in [0.3, 0.4) is 0 Å². The first kappa shape index (κ1) is 13.0. The Morgan fingerprint density at radius 3 is 2.13 bits per heavy atom. The van der Waals surface area contributed by atoms with Crippen molar-refractivity contribution in [1.29, 1.82) is 0 Å². The van der Waals surface area contributed by atoms with Crippen LogP contribution in [-0.2, 0) is 0 Å². The lowest BCUT2D eigenvalue weighted by molar-refractivity contribution is 0.280. The van der Waals surface area contributed by atoms with Crippen molar-refractivity contribution in [3.05, 3.63) is 0 Å². The third-order valence-corrected chi connectivity index (χ3v) is 4.24. The van der Waals surface area contributed by atoms with Gasteiger partial charge in [-0.15, -0.1) is 0 Å². The molecule has 0 saturated heterocycles. The van der Waals surface area contributed by atoms with E-state index in [1.54, 1.807) is 0 Å². The van der Waals surface area contributed by atoms with Gasteiger partial charge in [0.15, 0.2) is 0 Å². The minimum Gasteiger partial charge on any atom is -0.313 e. The quantitative estimate of drug-likeness (QED) is 0.640. The average molecular weight is 211 g/mol. The Labute approximate surface area is 96.0 Å². The van der Waals surface area contributed by atoms with Gasteiger partial charge in [0.1, 0.15) is 0 Å². The normalized spacial score (nSPS) is 20.6. The lowest BCUT2D eigenvalue weighted by Crippen LogP contribution is -2.38. The van der Waals surface area contributed by atoms with Crippen LogP contribution in [0.4, 0.5) is 0 Å². The molecule has 0 spiro atoms. The van der Waals surface area contributed by atoms with E-state index in [1.807, 2.05) is 0 Å². The highest BCUT2D eigenvalue weighted by Crippen LogP contribution is 2.50. The van der Waals surface area contributed by atoms with E-state index in [1.165, 1.54) is 45.1 Å². The number of hydrogen-bond donors (Lipinski definition) is 1. The Morgan fingerprint density at radius 2 is 1.73 bits per heavy atom. The second kappa shape index (κ2) is 5.89. The van der Waals surface area contributed by atoms with E-state index >= 15 is 0 Å². The molecule has 0 amide bonds. The first-order chi connectivity index (χ1) is 7.16. The summed E-state index contributed by atoms with van der Waals surface area (Å²) in [6.45, 7) is 10.6. The summed E-state index contributed by atoms with van der Waals surface area (Å²) >= 11 is 0. The van der Waals surface area contributed by atoms with Gasteiger partial charge in [-0.2, -0.15) is 0 Å². The predicted molar refractivity (Wildman–Crippen MR) is 68.1 cm³/mol. The van der Waals surface area contributed by atoms with E-state index in [0.717, 1.165) is 12.0 Å². The summed E-state index contributed by atoms with van der Waals surface area (Å²) in [5, 5.41) is 3.77. The number of rotatable bonds is 8. The van der Waals surface area contributed by atoms with Crippen molar-refractivity contribution < 1.29 is 0 Å². The largest absolute Gasteiger partial charge is 0.313 e. The van der Waals surface area contributed by atoms with Crippen molar-refractivity contribution in [2.24, 2.45) is 11.3 Å². The summed E-state index contributed by atoms with van der Waals surface area (Å²) in [6.07, 6.45) is 8.22. The maximum atomic E-state index is 3.77. The molecule has 1 rings (SSSR count). The van der Waals surface area contributed by atoms with Gasteiger partial charge in [0.25, 0.3) is 0 Å². The molecule has 90 valence electrons. The Morgan fingerprint density at radius 1 is 1.13 bits per heavy atom. The van der Waals surface area contributed by atoms with Gasteiger partial charge < -0.3 is 5.32 Å². The SMILES string of the molecule is CCCNC(CC(CC)CC)C1(C)CC1. The predicted octanol–water partition coefficient (Wildman–Crippen LogP) is 3.98. The summed E-state index contributed by atoms with van der Waals surface area (Å²) in [4.78, 5) is 0. The molecule has 1 nitrogen and oxygen atoms in total. The first-order valence-corrected chi connectivity index (χ1v) is 6.89. The molecule has 1 atom stereocenters. The van der Waals surface area contributed by atoms with E-state index < -0.39 is 0 Å². The standard InChI is InChI=1S/C14H29N/c1-5-10-15-13(14(4)8-9-14)11-12(6-2)7-3/h12-13,15H,5-11H2,1-4H3. The van der Waals surface area contributed by atoms with Crippen molar-refractivity contribution in [2.45, 2.75) is 72.3 Å². The molecule has 1 fully saturated rings. The topological polar surface area (TPSA) is 12.0 Å². The van der Waals surface area contributed by atoms with Gasteiger partial charge in [0, 0.05) is 6.04 Å². The van der Waals surface area contributed by atoms with Gasteiger partial charge in [0.05, 0.1) is 0 Å². The zero-order valence-corrected chi connectivity index (χ0v) is 11.1. The van der Waals surface area contributed by atoms with Gasteiger partial charge in [-0.05, 0) is 43.6 Å². The molecule has 1 heteroatoms. The van der Waals surface area contributed by atoms with Gasteiger partial charge in [-0.1, -0.05) is 40.5 Å². The molecule has 1 unspecified atom stereocenters. The zero-order chi connectivity index (χ0) is 11.3. The fraction of sp³-hybridized carbons (Fsp3) is 1.00. The zero-order valence-electron chi connectivity index (χ0n) is 11.1. The van der Waals surface area contributed by atoms with Crippen molar-refractivity contribution in [3.63, 3.8) is 0 Å². The molecule has 1 aliphatic rings. The van der Waals surface area contributed by atoms with Crippen LogP contribution in [0.25, 0.3) is 0 Å². The minimum atomic E-state index is 0.637. The summed E-state index contributed by atoms with van der Waals surface area (Å²) in [5.74, 6) is 0.928. The van der Waals surface area contributed by atoms with Crippen LogP contribution in [0.5, 0.6) is 0 Å².